The molecule has 0 radical (unpaired) electrons. The summed E-state index contributed by atoms with van der Waals surface area (Å²) in [5, 5.41) is 5.47. The molecule has 36 heavy (non-hydrogen) atoms. The first kappa shape index (κ1) is 24.6. The second kappa shape index (κ2) is 10.4. The maximum atomic E-state index is 13.4. The predicted octanol–water partition coefficient (Wildman–Crippen LogP) is 3.98. The topological polar surface area (TPSA) is 101 Å². The molecule has 0 spiro atoms. The number of benzene rings is 3. The molecule has 1 aliphatic heterocycles. The monoisotopic (exact) mass is 488 g/mol. The Labute approximate surface area is 209 Å². The molecule has 0 aromatic heterocycles. The van der Waals surface area contributed by atoms with Gasteiger partial charge in [-0.2, -0.15) is 0 Å². The third-order valence-corrected chi connectivity index (χ3v) is 5.84. The van der Waals surface area contributed by atoms with Gasteiger partial charge in [0.2, 0.25) is 6.17 Å². The lowest BCUT2D eigenvalue weighted by atomic mass is 9.98. The molecular weight excluding hydrogens is 460 g/mol. The van der Waals surface area contributed by atoms with Crippen LogP contribution in [0.5, 0.6) is 17.2 Å². The number of methoxy groups -OCH3 is 3. The molecule has 2 N–H and O–H groups in total. The van der Waals surface area contributed by atoms with E-state index in [9.17, 15) is 9.59 Å². The van der Waals surface area contributed by atoms with E-state index in [4.69, 9.17) is 19.2 Å². The van der Waals surface area contributed by atoms with Gasteiger partial charge < -0.3 is 29.7 Å². The van der Waals surface area contributed by atoms with Gasteiger partial charge in [0.25, 0.3) is 5.91 Å². The first-order valence-corrected chi connectivity index (χ1v) is 11.3. The van der Waals surface area contributed by atoms with Gasteiger partial charge in [0.1, 0.15) is 17.2 Å². The Morgan fingerprint density at radius 2 is 1.64 bits per heavy atom. The molecule has 1 heterocycles. The van der Waals surface area contributed by atoms with Crippen molar-refractivity contribution >= 4 is 29.0 Å². The van der Waals surface area contributed by atoms with Crippen LogP contribution in [0.25, 0.3) is 0 Å². The number of likely N-dealkylation sites (N-methyl/N-ethyl adjacent to an activating group) is 1. The Balaban J connectivity index is 1.82. The lowest BCUT2D eigenvalue weighted by Gasteiger charge is -2.21. The molecule has 1 atom stereocenters. The molecule has 186 valence electrons. The van der Waals surface area contributed by atoms with Crippen molar-refractivity contribution < 1.29 is 23.8 Å². The molecule has 0 fully saturated rings. The summed E-state index contributed by atoms with van der Waals surface area (Å²) in [5.41, 5.74) is 3.87. The number of anilines is 2. The molecule has 0 saturated carbocycles. The third-order valence-electron chi connectivity index (χ3n) is 5.84. The first-order chi connectivity index (χ1) is 17.4. The fourth-order valence-corrected chi connectivity index (χ4v) is 4.07. The van der Waals surface area contributed by atoms with Crippen LogP contribution in [-0.2, 0) is 4.79 Å². The molecule has 1 aliphatic rings. The quantitative estimate of drug-likeness (QED) is 0.547. The third kappa shape index (κ3) is 4.81. The second-order valence-electron chi connectivity index (χ2n) is 8.17. The highest BCUT2D eigenvalue weighted by atomic mass is 16.5. The van der Waals surface area contributed by atoms with E-state index in [0.717, 1.165) is 5.56 Å². The predicted molar refractivity (Wildman–Crippen MR) is 139 cm³/mol. The maximum Gasteiger partial charge on any atom is 0.321 e. The van der Waals surface area contributed by atoms with Crippen molar-refractivity contribution in [2.75, 3.05) is 38.6 Å². The van der Waals surface area contributed by atoms with Gasteiger partial charge in [0.05, 0.1) is 38.3 Å². The van der Waals surface area contributed by atoms with Crippen LogP contribution in [0.3, 0.4) is 0 Å². The number of amides is 3. The van der Waals surface area contributed by atoms with Gasteiger partial charge in [0, 0.05) is 30.4 Å². The molecule has 3 aromatic carbocycles. The molecule has 1 unspecified atom stereocenters. The number of urea groups is 1. The number of carbonyl (C=O) groups excluding carboxylic acids is 2. The highest BCUT2D eigenvalue weighted by Gasteiger charge is 2.33. The summed E-state index contributed by atoms with van der Waals surface area (Å²) in [7, 11) is 6.26. The van der Waals surface area contributed by atoms with Crippen LogP contribution >= 0.6 is 0 Å². The average Bonchev–Trinajstić information content (AvgIpc) is 2.98. The second-order valence-corrected chi connectivity index (χ2v) is 8.17. The number of rotatable bonds is 6. The number of hydrogen-bond donors (Lipinski definition) is 2. The van der Waals surface area contributed by atoms with Gasteiger partial charge in [-0.1, -0.05) is 30.3 Å². The molecule has 9 nitrogen and oxygen atoms in total. The van der Waals surface area contributed by atoms with Gasteiger partial charge in [0.15, 0.2) is 0 Å². The number of nitrogens with zero attached hydrogens (tertiary/aromatic N) is 2. The summed E-state index contributed by atoms with van der Waals surface area (Å²) in [6.45, 7) is 1.93. The van der Waals surface area contributed by atoms with E-state index in [-0.39, 0.29) is 0 Å². The van der Waals surface area contributed by atoms with Gasteiger partial charge in [-0.25, -0.2) is 9.79 Å². The van der Waals surface area contributed by atoms with Crippen LogP contribution in [0.2, 0.25) is 0 Å². The highest BCUT2D eigenvalue weighted by Crippen LogP contribution is 2.38. The van der Waals surface area contributed by atoms with Crippen molar-refractivity contribution in [3.05, 3.63) is 77.4 Å². The van der Waals surface area contributed by atoms with Crippen LogP contribution < -0.4 is 29.7 Å². The molecular formula is C27H28N4O5. The summed E-state index contributed by atoms with van der Waals surface area (Å²) < 4.78 is 16.7. The smallest absolute Gasteiger partial charge is 0.321 e. The molecule has 9 heteroatoms. The fourth-order valence-electron chi connectivity index (χ4n) is 4.07. The molecule has 3 amide bonds. The summed E-state index contributed by atoms with van der Waals surface area (Å²) in [4.78, 5) is 32.5. The SMILES string of the molecule is COc1cc(OC)c(C2=NC(NC(=O)Nc3cccc(C)c3)C(=O)N(C)c3ccccc32)c(OC)c1. The van der Waals surface area contributed by atoms with Crippen LogP contribution in [-0.4, -0.2) is 52.2 Å². The number of ether oxygens (including phenoxy) is 3. The van der Waals surface area contributed by atoms with Gasteiger partial charge >= 0.3 is 6.03 Å². The zero-order valence-electron chi connectivity index (χ0n) is 20.8. The van der Waals surface area contributed by atoms with Crippen LogP contribution in [0.4, 0.5) is 16.2 Å². The van der Waals surface area contributed by atoms with Gasteiger partial charge in [-0.05, 0) is 30.7 Å². The Hall–Kier alpha value is -4.53. The number of carbonyl (C=O) groups is 2. The number of nitrogens with one attached hydrogen (secondary N) is 2. The van der Waals surface area contributed by atoms with E-state index in [2.05, 4.69) is 10.6 Å². The summed E-state index contributed by atoms with van der Waals surface area (Å²) in [6, 6.07) is 17.6. The molecule has 0 bridgehead atoms. The van der Waals surface area contributed by atoms with Crippen molar-refractivity contribution in [3.8, 4) is 17.2 Å². The van der Waals surface area contributed by atoms with Crippen LogP contribution in [0, 0.1) is 6.92 Å². The first-order valence-electron chi connectivity index (χ1n) is 11.3. The molecule has 4 rings (SSSR count). The van der Waals surface area contributed by atoms with E-state index in [1.807, 2.05) is 49.4 Å². The van der Waals surface area contributed by atoms with E-state index >= 15 is 0 Å². The van der Waals surface area contributed by atoms with Gasteiger partial charge in [-0.3, -0.25) is 4.79 Å². The van der Waals surface area contributed by atoms with E-state index in [0.29, 0.717) is 45.5 Å². The maximum absolute atomic E-state index is 13.4. The van der Waals surface area contributed by atoms with E-state index in [1.165, 1.54) is 19.1 Å². The molecule has 0 aliphatic carbocycles. The molecule has 3 aromatic rings. The van der Waals surface area contributed by atoms with Crippen molar-refractivity contribution in [3.63, 3.8) is 0 Å². The Morgan fingerprint density at radius 1 is 0.944 bits per heavy atom. The normalized spacial score (nSPS) is 14.8. The summed E-state index contributed by atoms with van der Waals surface area (Å²) >= 11 is 0. The van der Waals surface area contributed by atoms with E-state index < -0.39 is 18.1 Å². The summed E-state index contributed by atoms with van der Waals surface area (Å²) in [6.07, 6.45) is -1.21. The lowest BCUT2D eigenvalue weighted by molar-refractivity contribution is -0.119. The fraction of sp³-hybridized carbons (Fsp3) is 0.222. The largest absolute Gasteiger partial charge is 0.496 e. The molecule has 0 saturated heterocycles. The van der Waals surface area contributed by atoms with Crippen molar-refractivity contribution in [1.29, 1.82) is 0 Å². The van der Waals surface area contributed by atoms with Crippen molar-refractivity contribution in [2.45, 2.75) is 13.1 Å². The standard InChI is InChI=1S/C27H28N4O5/c1-16-9-8-10-17(13-16)28-27(33)30-25-26(32)31(2)20-12-7-6-11-19(20)24(29-25)23-21(35-4)14-18(34-3)15-22(23)36-5/h6-15,25H,1-5H3,(H2,28,30,33). The number of aryl methyl sites for hydroxylation is 1. The highest BCUT2D eigenvalue weighted by molar-refractivity contribution is 6.22. The average molecular weight is 489 g/mol. The lowest BCUT2D eigenvalue weighted by Crippen LogP contribution is -2.47. The van der Waals surface area contributed by atoms with Crippen LogP contribution in [0.1, 0.15) is 16.7 Å². The number of benzodiazepines with no additional fused rings is 1. The Kier molecular flexibility index (Phi) is 7.10. The van der Waals surface area contributed by atoms with Crippen molar-refractivity contribution in [1.82, 2.24) is 5.32 Å². The van der Waals surface area contributed by atoms with Gasteiger partial charge in [-0.15, -0.1) is 0 Å². The minimum atomic E-state index is -1.21. The number of hydrogen-bond acceptors (Lipinski definition) is 6. The zero-order chi connectivity index (χ0) is 25.8. The van der Waals surface area contributed by atoms with Crippen molar-refractivity contribution in [2.24, 2.45) is 4.99 Å². The minimum absolute atomic E-state index is 0.400. The number of para-hydroxylation sites is 1. The Morgan fingerprint density at radius 3 is 2.28 bits per heavy atom. The zero-order valence-corrected chi connectivity index (χ0v) is 20.8. The number of aliphatic imine (C=N–C) groups is 1. The van der Waals surface area contributed by atoms with E-state index in [1.54, 1.807) is 32.4 Å². The van der Waals surface area contributed by atoms with Crippen LogP contribution in [0.15, 0.2) is 65.7 Å². The minimum Gasteiger partial charge on any atom is -0.496 e. The summed E-state index contributed by atoms with van der Waals surface area (Å²) in [5.74, 6) is 1.03. The number of fused-ring (bicyclic) bond motifs is 1. The Bertz CT molecular complexity index is 1310.